The monoisotopic (exact) mass is 274 g/mol. The van der Waals surface area contributed by atoms with Crippen molar-refractivity contribution in [3.63, 3.8) is 0 Å². The number of halogens is 3. The molecule has 1 rings (SSSR count). The molecule has 3 nitrogen and oxygen atoms in total. The van der Waals surface area contributed by atoms with E-state index >= 15 is 0 Å². The number of hydrogen-bond donors (Lipinski definition) is 2. The molecule has 1 unspecified atom stereocenters. The van der Waals surface area contributed by atoms with Gasteiger partial charge in [0.1, 0.15) is 0 Å². The molecule has 0 heterocycles. The smallest absolute Gasteiger partial charge is 0.330 e. The summed E-state index contributed by atoms with van der Waals surface area (Å²) in [7, 11) is 0. The summed E-state index contributed by atoms with van der Waals surface area (Å²) in [6, 6.07) is 4.89. The molecule has 1 amide bonds. The van der Waals surface area contributed by atoms with Gasteiger partial charge in [0.05, 0.1) is 17.2 Å². The molecule has 0 spiro atoms. The first kappa shape index (κ1) is 15.5. The lowest BCUT2D eigenvalue weighted by molar-refractivity contribution is -0.137. The second-order valence-corrected chi connectivity index (χ2v) is 4.62. The first-order valence-electron chi connectivity index (χ1n) is 5.94. The van der Waals surface area contributed by atoms with Gasteiger partial charge in [0.2, 0.25) is 5.91 Å². The summed E-state index contributed by atoms with van der Waals surface area (Å²) in [4.78, 5) is 11.9. The van der Waals surface area contributed by atoms with Crippen molar-refractivity contribution < 1.29 is 18.0 Å². The second-order valence-electron chi connectivity index (χ2n) is 4.62. The molecule has 6 heteroatoms. The number of rotatable bonds is 4. The standard InChI is InChI=1S/C13H17F3N2O/c1-8(2)9(7-17)12(19)18-11-6-4-3-5-10(11)13(14,15)16/h3-6,8-9H,7,17H2,1-2H3,(H,18,19). The molecule has 0 aliphatic carbocycles. The maximum absolute atomic E-state index is 12.8. The number of nitrogens with two attached hydrogens (primary N) is 1. The van der Waals surface area contributed by atoms with Crippen LogP contribution >= 0.6 is 0 Å². The van der Waals surface area contributed by atoms with Gasteiger partial charge in [-0.15, -0.1) is 0 Å². The third-order valence-corrected chi connectivity index (χ3v) is 2.89. The van der Waals surface area contributed by atoms with Crippen LogP contribution in [0.4, 0.5) is 18.9 Å². The van der Waals surface area contributed by atoms with Crippen molar-refractivity contribution in [2.45, 2.75) is 20.0 Å². The highest BCUT2D eigenvalue weighted by atomic mass is 19.4. The van der Waals surface area contributed by atoms with Crippen molar-refractivity contribution in [3.8, 4) is 0 Å². The van der Waals surface area contributed by atoms with Gasteiger partial charge in [-0.3, -0.25) is 4.79 Å². The number of nitrogens with one attached hydrogen (secondary N) is 1. The van der Waals surface area contributed by atoms with E-state index in [0.717, 1.165) is 6.07 Å². The van der Waals surface area contributed by atoms with Crippen molar-refractivity contribution in [3.05, 3.63) is 29.8 Å². The third-order valence-electron chi connectivity index (χ3n) is 2.89. The molecule has 0 aliphatic heterocycles. The summed E-state index contributed by atoms with van der Waals surface area (Å²) in [5, 5.41) is 2.31. The summed E-state index contributed by atoms with van der Waals surface area (Å²) in [6.07, 6.45) is -4.50. The van der Waals surface area contributed by atoms with Gasteiger partial charge in [-0.25, -0.2) is 0 Å². The maximum atomic E-state index is 12.8. The normalized spacial score (nSPS) is 13.4. The lowest BCUT2D eigenvalue weighted by atomic mass is 9.95. The Balaban J connectivity index is 2.97. The average Bonchev–Trinajstić information content (AvgIpc) is 2.28. The lowest BCUT2D eigenvalue weighted by Gasteiger charge is -2.20. The van der Waals surface area contributed by atoms with E-state index < -0.39 is 23.6 Å². The van der Waals surface area contributed by atoms with Crippen LogP contribution in [0.3, 0.4) is 0 Å². The average molecular weight is 274 g/mol. The van der Waals surface area contributed by atoms with Gasteiger partial charge >= 0.3 is 6.18 Å². The predicted octanol–water partition coefficient (Wildman–Crippen LogP) is 2.87. The van der Waals surface area contributed by atoms with Gasteiger partial charge in [-0.2, -0.15) is 13.2 Å². The number of amides is 1. The molecule has 0 aliphatic rings. The van der Waals surface area contributed by atoms with E-state index in [2.05, 4.69) is 5.32 Å². The van der Waals surface area contributed by atoms with Crippen LogP contribution in [0.25, 0.3) is 0 Å². The van der Waals surface area contributed by atoms with Crippen LogP contribution in [-0.4, -0.2) is 12.5 Å². The van der Waals surface area contributed by atoms with Gasteiger partial charge in [-0.1, -0.05) is 26.0 Å². The summed E-state index contributed by atoms with van der Waals surface area (Å²) >= 11 is 0. The van der Waals surface area contributed by atoms with Crippen LogP contribution in [0.1, 0.15) is 19.4 Å². The fourth-order valence-electron chi connectivity index (χ4n) is 1.75. The van der Waals surface area contributed by atoms with Crippen molar-refractivity contribution in [1.29, 1.82) is 0 Å². The molecule has 19 heavy (non-hydrogen) atoms. The Morgan fingerprint density at radius 1 is 1.32 bits per heavy atom. The highest BCUT2D eigenvalue weighted by molar-refractivity contribution is 5.93. The first-order chi connectivity index (χ1) is 8.77. The Labute approximate surface area is 110 Å². The molecule has 0 bridgehead atoms. The van der Waals surface area contributed by atoms with Gasteiger partial charge in [0.15, 0.2) is 0 Å². The van der Waals surface area contributed by atoms with Crippen LogP contribution in [0, 0.1) is 11.8 Å². The van der Waals surface area contributed by atoms with Crippen molar-refractivity contribution in [2.75, 3.05) is 11.9 Å². The Hall–Kier alpha value is -1.56. The zero-order valence-electron chi connectivity index (χ0n) is 10.8. The number of para-hydroxylation sites is 1. The van der Waals surface area contributed by atoms with E-state index in [1.165, 1.54) is 18.2 Å². The van der Waals surface area contributed by atoms with Crippen LogP contribution in [-0.2, 0) is 11.0 Å². The number of carbonyl (C=O) groups excluding carboxylic acids is 1. The number of alkyl halides is 3. The zero-order valence-corrected chi connectivity index (χ0v) is 10.8. The minimum absolute atomic E-state index is 0.0388. The van der Waals surface area contributed by atoms with Crippen LogP contribution in [0.5, 0.6) is 0 Å². The third kappa shape index (κ3) is 3.96. The molecule has 3 N–H and O–H groups in total. The molecule has 1 aromatic carbocycles. The van der Waals surface area contributed by atoms with E-state index in [-0.39, 0.29) is 18.2 Å². The predicted molar refractivity (Wildman–Crippen MR) is 67.5 cm³/mol. The summed E-state index contributed by atoms with van der Waals surface area (Å²) in [6.45, 7) is 3.69. The summed E-state index contributed by atoms with van der Waals surface area (Å²) < 4.78 is 38.3. The quantitative estimate of drug-likeness (QED) is 0.887. The Morgan fingerprint density at radius 3 is 2.37 bits per heavy atom. The topological polar surface area (TPSA) is 55.1 Å². The van der Waals surface area contributed by atoms with E-state index in [1.807, 2.05) is 0 Å². The van der Waals surface area contributed by atoms with E-state index in [1.54, 1.807) is 13.8 Å². The maximum Gasteiger partial charge on any atom is 0.418 e. The van der Waals surface area contributed by atoms with E-state index in [0.29, 0.717) is 0 Å². The molecule has 0 fully saturated rings. The summed E-state index contributed by atoms with van der Waals surface area (Å²) in [5.41, 5.74) is 4.37. The number of hydrogen-bond acceptors (Lipinski definition) is 2. The van der Waals surface area contributed by atoms with Crippen LogP contribution in [0.2, 0.25) is 0 Å². The Kier molecular flexibility index (Phi) is 4.94. The molecule has 1 aromatic rings. The SMILES string of the molecule is CC(C)C(CN)C(=O)Nc1ccccc1C(F)(F)F. The van der Waals surface area contributed by atoms with Gasteiger partial charge in [0.25, 0.3) is 0 Å². The Bertz CT molecular complexity index is 444. The minimum Gasteiger partial charge on any atom is -0.330 e. The largest absolute Gasteiger partial charge is 0.418 e. The second kappa shape index (κ2) is 6.06. The molecule has 0 radical (unpaired) electrons. The van der Waals surface area contributed by atoms with Gasteiger partial charge in [-0.05, 0) is 18.1 Å². The number of benzene rings is 1. The van der Waals surface area contributed by atoms with Crippen LogP contribution < -0.4 is 11.1 Å². The van der Waals surface area contributed by atoms with Crippen molar-refractivity contribution in [1.82, 2.24) is 0 Å². The zero-order chi connectivity index (χ0) is 14.6. The number of anilines is 1. The lowest BCUT2D eigenvalue weighted by Crippen LogP contribution is -2.33. The van der Waals surface area contributed by atoms with E-state index in [9.17, 15) is 18.0 Å². The van der Waals surface area contributed by atoms with E-state index in [4.69, 9.17) is 5.73 Å². The molecule has 106 valence electrons. The van der Waals surface area contributed by atoms with Gasteiger partial charge < -0.3 is 11.1 Å². The minimum atomic E-state index is -4.50. The molecule has 1 atom stereocenters. The van der Waals surface area contributed by atoms with Crippen molar-refractivity contribution >= 4 is 11.6 Å². The molecule has 0 aromatic heterocycles. The molecular formula is C13H17F3N2O. The molecular weight excluding hydrogens is 257 g/mol. The van der Waals surface area contributed by atoms with Crippen molar-refractivity contribution in [2.24, 2.45) is 17.6 Å². The summed E-state index contributed by atoms with van der Waals surface area (Å²) in [5.74, 6) is -1.04. The fourth-order valence-corrected chi connectivity index (χ4v) is 1.75. The molecule has 0 saturated heterocycles. The first-order valence-corrected chi connectivity index (χ1v) is 5.94. The fraction of sp³-hybridized carbons (Fsp3) is 0.462. The Morgan fingerprint density at radius 2 is 1.89 bits per heavy atom. The molecule has 0 saturated carbocycles. The highest BCUT2D eigenvalue weighted by Gasteiger charge is 2.34. The van der Waals surface area contributed by atoms with Crippen LogP contribution in [0.15, 0.2) is 24.3 Å². The van der Waals surface area contributed by atoms with Gasteiger partial charge in [0, 0.05) is 6.54 Å². The highest BCUT2D eigenvalue weighted by Crippen LogP contribution is 2.34. The number of carbonyl (C=O) groups is 1.